The van der Waals surface area contributed by atoms with E-state index in [9.17, 15) is 54.0 Å². The summed E-state index contributed by atoms with van der Waals surface area (Å²) in [5.41, 5.74) is 6.11. The Bertz CT molecular complexity index is 5130. The molecule has 3 aliphatic rings. The van der Waals surface area contributed by atoms with Crippen molar-refractivity contribution in [2.45, 2.75) is 120 Å². The largest absolute Gasteiger partial charge is 0.450 e. The van der Waals surface area contributed by atoms with Gasteiger partial charge >= 0.3 is 12.1 Å². The topological polar surface area (TPSA) is 299 Å². The van der Waals surface area contributed by atoms with Gasteiger partial charge in [-0.1, -0.05) is 142 Å². The Morgan fingerprint density at radius 2 is 0.888 bits per heavy atom. The minimum absolute atomic E-state index is 0.0723. The standard InChI is InChI=1S/C28H33N3O5S.C27H31N3O4S.C26H30N4O4S/c1-5-36-28(33)31-16-19(3)26(20(4)17-31)30-37(34,35)25-15-14-24(22-12-8-9-13-23(22)25)29-27(32)21-11-7-6-10-18(21)2;1-3-7-26(31)30-16-14-20(15-17-30)29-35(33,34)25-13-12-24(22-10-4-5-11-23(22)25)27(32)28-21-9-6-8-19(2)18-21;1-18-8-4-7-11-23(18)27-25(31)22-12-13-24(21-10-6-5-9-20(21)22)35(33,34)28-19-14-16-30(17-15-19)26(32)29(2)3/h6-15,19-20,26,30H,5,16-17H2,1-4H3,(H,29,32);4-6,8-13,18,20,29H,3,7,14-17H2,1-2H3,(H,28,32);4-13,19,28H,14-17H2,1-3H3,(H,27,31)/t19-,20-;;/m0../s1. The fourth-order valence-electron chi connectivity index (χ4n) is 13.9. The van der Waals surface area contributed by atoms with Crippen LogP contribution >= 0.6 is 0 Å². The van der Waals surface area contributed by atoms with E-state index in [4.69, 9.17) is 4.74 Å². The normalized spacial score (nSPS) is 16.0. The average molecular weight is 1510 g/mol. The van der Waals surface area contributed by atoms with Gasteiger partial charge in [0.05, 0.1) is 21.3 Å². The number of benzene rings is 9. The lowest BCUT2D eigenvalue weighted by atomic mass is 9.87. The number of anilines is 3. The molecule has 0 saturated carbocycles. The molecule has 26 heteroatoms. The molecule has 23 nitrogen and oxygen atoms in total. The van der Waals surface area contributed by atoms with Crippen LogP contribution in [0.3, 0.4) is 0 Å². The second kappa shape index (κ2) is 35.1. The van der Waals surface area contributed by atoms with Gasteiger partial charge in [0.25, 0.3) is 17.7 Å². The highest BCUT2D eigenvalue weighted by molar-refractivity contribution is 7.90. The van der Waals surface area contributed by atoms with Gasteiger partial charge in [0, 0.05) is 133 Å². The predicted molar refractivity (Wildman–Crippen MR) is 419 cm³/mol. The predicted octanol–water partition coefficient (Wildman–Crippen LogP) is 13.1. The van der Waals surface area contributed by atoms with E-state index in [2.05, 4.69) is 30.1 Å². The molecular formula is C81H94N10O13S3. The van der Waals surface area contributed by atoms with Crippen LogP contribution in [0.2, 0.25) is 0 Å². The molecule has 12 rings (SSSR count). The number of hydrogen-bond acceptors (Lipinski definition) is 13. The molecule has 9 aromatic rings. The summed E-state index contributed by atoms with van der Waals surface area (Å²) in [6.45, 7) is 16.5. The van der Waals surface area contributed by atoms with E-state index < -0.39 is 30.1 Å². The summed E-state index contributed by atoms with van der Waals surface area (Å²) in [5, 5.41) is 12.0. The van der Waals surface area contributed by atoms with Gasteiger partial charge in [-0.25, -0.2) is 49.0 Å². The van der Waals surface area contributed by atoms with E-state index in [1.165, 1.54) is 23.1 Å². The zero-order valence-corrected chi connectivity index (χ0v) is 64.2. The van der Waals surface area contributed by atoms with Gasteiger partial charge in [0.1, 0.15) is 0 Å². The molecule has 3 heterocycles. The van der Waals surface area contributed by atoms with Gasteiger partial charge < -0.3 is 40.3 Å². The molecule has 0 unspecified atom stereocenters. The molecule has 0 aromatic heterocycles. The fourth-order valence-corrected chi connectivity index (χ4v) is 18.6. The second-order valence-corrected chi connectivity index (χ2v) is 32.7. The highest BCUT2D eigenvalue weighted by Gasteiger charge is 2.38. The molecule has 0 radical (unpaired) electrons. The molecule has 564 valence electrons. The van der Waals surface area contributed by atoms with Gasteiger partial charge in [0.15, 0.2) is 0 Å². The summed E-state index contributed by atoms with van der Waals surface area (Å²) in [6.07, 6.45) is 3.16. The number of ether oxygens (including phenoxy) is 1. The lowest BCUT2D eigenvalue weighted by molar-refractivity contribution is -0.132. The summed E-state index contributed by atoms with van der Waals surface area (Å²) in [6, 6.07) is 51.8. The molecule has 7 amide bonds. The number of aryl methyl sites for hydroxylation is 3. The molecule has 3 saturated heterocycles. The van der Waals surface area contributed by atoms with Gasteiger partial charge in [-0.05, 0) is 160 Å². The zero-order valence-electron chi connectivity index (χ0n) is 61.7. The van der Waals surface area contributed by atoms with Crippen LogP contribution in [0.1, 0.15) is 114 Å². The molecular weight excluding hydrogens is 1420 g/mol. The Labute approximate surface area is 627 Å². The van der Waals surface area contributed by atoms with Crippen molar-refractivity contribution in [3.8, 4) is 0 Å². The molecule has 3 aliphatic heterocycles. The zero-order chi connectivity index (χ0) is 76.9. The summed E-state index contributed by atoms with van der Waals surface area (Å²) >= 11 is 0. The first-order valence-corrected chi connectivity index (χ1v) is 40.4. The van der Waals surface area contributed by atoms with Crippen LogP contribution in [0.15, 0.2) is 197 Å². The second-order valence-electron chi connectivity index (χ2n) is 27.6. The first-order valence-electron chi connectivity index (χ1n) is 36.0. The summed E-state index contributed by atoms with van der Waals surface area (Å²) in [4.78, 5) is 82.6. The smallest absolute Gasteiger partial charge is 0.409 e. The van der Waals surface area contributed by atoms with E-state index >= 15 is 0 Å². The first-order chi connectivity index (χ1) is 51.1. The SMILES string of the molecule is CCCC(=O)N1CCC(NS(=O)(=O)c2ccc(C(=O)Nc3cccc(C)c3)c3ccccc23)CC1.CCOC(=O)N1C[C@H](C)C(NS(=O)(=O)c2ccc(NC(=O)c3ccccc3C)c3ccccc23)[C@@H](C)C1.Cc1ccccc1NC(=O)c1ccc(S(=O)(=O)NC2CCN(C(=O)N(C)C)CC2)c2ccccc12. The number of piperidine rings is 3. The molecule has 3 fully saturated rings. The maximum Gasteiger partial charge on any atom is 0.409 e. The third-order valence-electron chi connectivity index (χ3n) is 19.5. The number of carbonyl (C=O) groups is 6. The quantitative estimate of drug-likeness (QED) is 0.0466. The summed E-state index contributed by atoms with van der Waals surface area (Å²) < 4.78 is 94.3. The molecule has 9 aromatic carbocycles. The number of likely N-dealkylation sites (tertiary alicyclic amines) is 3. The van der Waals surface area contributed by atoms with Crippen molar-refractivity contribution in [3.63, 3.8) is 0 Å². The van der Waals surface area contributed by atoms with Crippen molar-refractivity contribution in [3.05, 3.63) is 215 Å². The van der Waals surface area contributed by atoms with Crippen LogP contribution in [-0.4, -0.2) is 159 Å². The van der Waals surface area contributed by atoms with E-state index in [1.54, 1.807) is 128 Å². The summed E-state index contributed by atoms with van der Waals surface area (Å²) in [7, 11) is -8.17. The number of para-hydroxylation sites is 1. The minimum atomic E-state index is -3.90. The highest BCUT2D eigenvalue weighted by Crippen LogP contribution is 2.34. The Morgan fingerprint density at radius 3 is 1.39 bits per heavy atom. The number of carbonyl (C=O) groups excluding carboxylic acids is 6. The van der Waals surface area contributed by atoms with Gasteiger partial charge in [-0.3, -0.25) is 19.2 Å². The van der Waals surface area contributed by atoms with Gasteiger partial charge in [-0.15, -0.1) is 0 Å². The van der Waals surface area contributed by atoms with Crippen LogP contribution in [-0.2, 0) is 39.6 Å². The van der Waals surface area contributed by atoms with Crippen LogP contribution < -0.4 is 30.1 Å². The number of nitrogens with one attached hydrogen (secondary N) is 6. The third kappa shape index (κ3) is 19.4. The van der Waals surface area contributed by atoms with Crippen molar-refractivity contribution in [2.24, 2.45) is 11.8 Å². The molecule has 2 atom stereocenters. The number of fused-ring (bicyclic) bond motifs is 3. The fraction of sp³-hybridized carbons (Fsp3) is 0.333. The van der Waals surface area contributed by atoms with Crippen molar-refractivity contribution in [2.75, 3.05) is 75.9 Å². The lowest BCUT2D eigenvalue weighted by Gasteiger charge is -2.40. The Morgan fingerprint density at radius 1 is 0.449 bits per heavy atom. The van der Waals surface area contributed by atoms with Crippen molar-refractivity contribution in [1.82, 2.24) is 33.8 Å². The number of amides is 7. The monoisotopic (exact) mass is 1510 g/mol. The molecule has 6 N–H and O–H groups in total. The number of urea groups is 1. The molecule has 107 heavy (non-hydrogen) atoms. The average Bonchev–Trinajstić information content (AvgIpc) is 0.776. The molecule has 0 spiro atoms. The van der Waals surface area contributed by atoms with Crippen LogP contribution in [0.25, 0.3) is 32.3 Å². The van der Waals surface area contributed by atoms with Crippen LogP contribution in [0, 0.1) is 32.6 Å². The van der Waals surface area contributed by atoms with Crippen molar-refractivity contribution >= 4 is 115 Å². The Balaban J connectivity index is 0.000000172. The number of hydrogen-bond donors (Lipinski definition) is 6. The van der Waals surface area contributed by atoms with Crippen LogP contribution in [0.4, 0.5) is 26.7 Å². The number of rotatable bonds is 18. The maximum atomic E-state index is 13.6. The number of sulfonamides is 3. The van der Waals surface area contributed by atoms with Crippen molar-refractivity contribution < 1.29 is 58.8 Å². The van der Waals surface area contributed by atoms with Crippen molar-refractivity contribution in [1.29, 1.82) is 0 Å². The van der Waals surface area contributed by atoms with E-state index in [0.29, 0.717) is 144 Å². The Hall–Kier alpha value is -10.1. The summed E-state index contributed by atoms with van der Waals surface area (Å²) in [5.74, 6) is -0.950. The Kier molecular flexibility index (Phi) is 26.1. The van der Waals surface area contributed by atoms with E-state index in [1.807, 2.05) is 113 Å². The molecule has 0 aliphatic carbocycles. The van der Waals surface area contributed by atoms with Gasteiger partial charge in [-0.2, -0.15) is 0 Å². The van der Waals surface area contributed by atoms with E-state index in [-0.39, 0.29) is 80.4 Å². The maximum absolute atomic E-state index is 13.6. The van der Waals surface area contributed by atoms with Gasteiger partial charge in [0.2, 0.25) is 36.0 Å². The third-order valence-corrected chi connectivity index (χ3v) is 24.2. The van der Waals surface area contributed by atoms with Crippen LogP contribution in [0.5, 0.6) is 0 Å². The minimum Gasteiger partial charge on any atom is -0.450 e. The highest BCUT2D eigenvalue weighted by atomic mass is 32.2. The number of nitrogens with zero attached hydrogens (tertiary/aromatic N) is 4. The lowest BCUT2D eigenvalue weighted by Crippen LogP contribution is -2.56. The molecule has 0 bridgehead atoms. The van der Waals surface area contributed by atoms with E-state index in [0.717, 1.165) is 23.1 Å². The first kappa shape index (κ1) is 79.5.